The van der Waals surface area contributed by atoms with Crippen LogP contribution in [0.15, 0.2) is 11.4 Å². The Kier molecular flexibility index (Phi) is 2.69. The second-order valence-electron chi connectivity index (χ2n) is 3.15. The Balaban J connectivity index is 2.02. The van der Waals surface area contributed by atoms with Gasteiger partial charge in [0.25, 0.3) is 5.91 Å². The maximum absolute atomic E-state index is 11.7. The highest BCUT2D eigenvalue weighted by Crippen LogP contribution is 2.24. The van der Waals surface area contributed by atoms with E-state index in [1.165, 1.54) is 11.3 Å². The number of hydrogen-bond acceptors (Lipinski definition) is 4. The molecule has 2 heterocycles. The van der Waals surface area contributed by atoms with Crippen LogP contribution >= 0.6 is 11.3 Å². The number of ether oxygens (including phenoxy) is 1. The number of nitrogens with one attached hydrogen (secondary N) is 2. The van der Waals surface area contributed by atoms with E-state index in [0.29, 0.717) is 10.6 Å². The molecule has 1 fully saturated rings. The Bertz CT molecular complexity index is 333. The molecule has 0 saturated carbocycles. The number of hydrogen-bond donors (Lipinski definition) is 2. The Morgan fingerprint density at radius 1 is 1.71 bits per heavy atom. The first-order valence-corrected chi connectivity index (χ1v) is 5.32. The molecule has 2 N–H and O–H groups in total. The summed E-state index contributed by atoms with van der Waals surface area (Å²) in [6.45, 7) is 1.72. The van der Waals surface area contributed by atoms with Gasteiger partial charge in [-0.3, -0.25) is 4.79 Å². The van der Waals surface area contributed by atoms with Crippen molar-refractivity contribution in [3.8, 4) is 5.75 Å². The second-order valence-corrected chi connectivity index (χ2v) is 4.06. The Labute approximate surface area is 86.3 Å². The third-order valence-corrected chi connectivity index (χ3v) is 3.07. The van der Waals surface area contributed by atoms with Crippen LogP contribution in [0.1, 0.15) is 9.67 Å². The lowest BCUT2D eigenvalue weighted by Crippen LogP contribution is -2.56. The number of thiophene rings is 1. The van der Waals surface area contributed by atoms with Crippen LogP contribution in [-0.2, 0) is 0 Å². The summed E-state index contributed by atoms with van der Waals surface area (Å²) in [5.74, 6) is 0.614. The fourth-order valence-electron chi connectivity index (χ4n) is 1.27. The molecule has 5 heteroatoms. The van der Waals surface area contributed by atoms with Crippen molar-refractivity contribution >= 4 is 17.2 Å². The highest BCUT2D eigenvalue weighted by molar-refractivity contribution is 7.12. The van der Waals surface area contributed by atoms with Crippen molar-refractivity contribution in [3.05, 3.63) is 16.3 Å². The first-order chi connectivity index (χ1) is 6.81. The zero-order valence-electron chi connectivity index (χ0n) is 7.87. The van der Waals surface area contributed by atoms with Gasteiger partial charge >= 0.3 is 0 Å². The van der Waals surface area contributed by atoms with Crippen molar-refractivity contribution in [1.29, 1.82) is 0 Å². The van der Waals surface area contributed by atoms with Gasteiger partial charge in [-0.25, -0.2) is 0 Å². The summed E-state index contributed by atoms with van der Waals surface area (Å²) in [6.07, 6.45) is 0. The van der Waals surface area contributed by atoms with Crippen molar-refractivity contribution in [2.45, 2.75) is 6.04 Å². The van der Waals surface area contributed by atoms with Gasteiger partial charge in [-0.1, -0.05) is 0 Å². The van der Waals surface area contributed by atoms with E-state index in [1.807, 2.05) is 5.38 Å². The molecule has 76 valence electrons. The van der Waals surface area contributed by atoms with E-state index in [-0.39, 0.29) is 11.9 Å². The van der Waals surface area contributed by atoms with Gasteiger partial charge in [-0.15, -0.1) is 11.3 Å². The summed E-state index contributed by atoms with van der Waals surface area (Å²) in [5, 5.41) is 7.87. The van der Waals surface area contributed by atoms with E-state index in [2.05, 4.69) is 10.6 Å². The predicted octanol–water partition coefficient (Wildman–Crippen LogP) is 0.458. The quantitative estimate of drug-likeness (QED) is 0.765. The third-order valence-electron chi connectivity index (χ3n) is 2.17. The Morgan fingerprint density at radius 3 is 3.07 bits per heavy atom. The molecule has 0 aromatic carbocycles. The smallest absolute Gasteiger partial charge is 0.265 e. The Hall–Kier alpha value is -1.07. The minimum atomic E-state index is -0.0386. The average molecular weight is 212 g/mol. The molecule has 1 aromatic heterocycles. The molecule has 0 radical (unpaired) electrons. The lowest BCUT2D eigenvalue weighted by Gasteiger charge is -2.27. The number of carbonyl (C=O) groups excluding carboxylic acids is 1. The van der Waals surface area contributed by atoms with Gasteiger partial charge in [0.15, 0.2) is 0 Å². The van der Waals surface area contributed by atoms with Crippen molar-refractivity contribution in [3.63, 3.8) is 0 Å². The summed E-state index contributed by atoms with van der Waals surface area (Å²) in [4.78, 5) is 12.3. The summed E-state index contributed by atoms with van der Waals surface area (Å²) >= 11 is 1.40. The number of methoxy groups -OCH3 is 1. The zero-order valence-corrected chi connectivity index (χ0v) is 8.69. The minimum absolute atomic E-state index is 0.0386. The van der Waals surface area contributed by atoms with Crippen LogP contribution in [-0.4, -0.2) is 32.1 Å². The van der Waals surface area contributed by atoms with Crippen LogP contribution in [0.2, 0.25) is 0 Å². The summed E-state index contributed by atoms with van der Waals surface area (Å²) < 4.78 is 5.07. The van der Waals surface area contributed by atoms with Crippen molar-refractivity contribution in [2.75, 3.05) is 20.2 Å². The lowest BCUT2D eigenvalue weighted by molar-refractivity contribution is 0.0925. The van der Waals surface area contributed by atoms with Gasteiger partial charge in [0.05, 0.1) is 13.2 Å². The van der Waals surface area contributed by atoms with Gasteiger partial charge in [0.1, 0.15) is 10.6 Å². The van der Waals surface area contributed by atoms with Crippen LogP contribution in [0.3, 0.4) is 0 Å². The molecule has 1 aromatic rings. The predicted molar refractivity (Wildman–Crippen MR) is 55.0 cm³/mol. The Morgan fingerprint density at radius 2 is 2.50 bits per heavy atom. The van der Waals surface area contributed by atoms with E-state index in [4.69, 9.17) is 4.74 Å². The van der Waals surface area contributed by atoms with Crippen LogP contribution in [0.25, 0.3) is 0 Å². The maximum atomic E-state index is 11.7. The maximum Gasteiger partial charge on any atom is 0.265 e. The first-order valence-electron chi connectivity index (χ1n) is 4.44. The highest BCUT2D eigenvalue weighted by Gasteiger charge is 2.21. The van der Waals surface area contributed by atoms with Gasteiger partial charge < -0.3 is 15.4 Å². The monoisotopic (exact) mass is 212 g/mol. The molecular formula is C9H12N2O2S. The molecule has 0 unspecified atom stereocenters. The largest absolute Gasteiger partial charge is 0.495 e. The number of amides is 1. The lowest BCUT2D eigenvalue weighted by atomic mass is 10.2. The molecular weight excluding hydrogens is 200 g/mol. The topological polar surface area (TPSA) is 50.4 Å². The molecule has 1 amide bonds. The minimum Gasteiger partial charge on any atom is -0.495 e. The van der Waals surface area contributed by atoms with E-state index < -0.39 is 0 Å². The van der Waals surface area contributed by atoms with Crippen LogP contribution in [0, 0.1) is 0 Å². The fraction of sp³-hybridized carbons (Fsp3) is 0.444. The molecule has 0 aliphatic carbocycles. The molecule has 4 nitrogen and oxygen atoms in total. The van der Waals surface area contributed by atoms with Crippen molar-refractivity contribution < 1.29 is 9.53 Å². The fourth-order valence-corrected chi connectivity index (χ4v) is 2.03. The van der Waals surface area contributed by atoms with Crippen molar-refractivity contribution in [2.24, 2.45) is 0 Å². The van der Waals surface area contributed by atoms with Gasteiger partial charge in [0, 0.05) is 13.1 Å². The highest BCUT2D eigenvalue weighted by atomic mass is 32.1. The molecule has 0 bridgehead atoms. The molecule has 1 saturated heterocycles. The summed E-state index contributed by atoms with van der Waals surface area (Å²) in [7, 11) is 1.57. The molecule has 1 aliphatic heterocycles. The van der Waals surface area contributed by atoms with E-state index in [1.54, 1.807) is 13.2 Å². The van der Waals surface area contributed by atoms with Gasteiger partial charge in [-0.2, -0.15) is 0 Å². The number of rotatable bonds is 3. The second kappa shape index (κ2) is 3.98. The molecule has 1 aliphatic rings. The van der Waals surface area contributed by atoms with E-state index in [9.17, 15) is 4.79 Å². The van der Waals surface area contributed by atoms with Gasteiger partial charge in [-0.05, 0) is 11.4 Å². The van der Waals surface area contributed by atoms with E-state index in [0.717, 1.165) is 13.1 Å². The SMILES string of the molecule is COc1ccsc1C(=O)NC1CNC1. The standard InChI is InChI=1S/C9H12N2O2S/c1-13-7-2-3-14-8(7)9(12)11-6-4-10-5-6/h2-3,6,10H,4-5H2,1H3,(H,11,12). The zero-order chi connectivity index (χ0) is 9.97. The van der Waals surface area contributed by atoms with Crippen molar-refractivity contribution in [1.82, 2.24) is 10.6 Å². The first kappa shape index (κ1) is 9.48. The summed E-state index contributed by atoms with van der Waals surface area (Å²) in [6, 6.07) is 2.08. The average Bonchev–Trinajstić information content (AvgIpc) is 2.58. The number of carbonyl (C=O) groups is 1. The van der Waals surface area contributed by atoms with Crippen LogP contribution in [0.5, 0.6) is 5.75 Å². The normalized spacial score (nSPS) is 16.1. The van der Waals surface area contributed by atoms with Crippen LogP contribution < -0.4 is 15.4 Å². The third kappa shape index (κ3) is 1.73. The molecule has 2 rings (SSSR count). The van der Waals surface area contributed by atoms with Crippen LogP contribution in [0.4, 0.5) is 0 Å². The molecule has 14 heavy (non-hydrogen) atoms. The summed E-state index contributed by atoms with van der Waals surface area (Å²) in [5.41, 5.74) is 0. The van der Waals surface area contributed by atoms with Gasteiger partial charge in [0.2, 0.25) is 0 Å². The van der Waals surface area contributed by atoms with E-state index >= 15 is 0 Å². The molecule has 0 atom stereocenters. The molecule has 0 spiro atoms.